The van der Waals surface area contributed by atoms with Crippen LogP contribution in [-0.2, 0) is 16.1 Å². The van der Waals surface area contributed by atoms with Crippen LogP contribution in [0.5, 0.6) is 0 Å². The standard InChI is InChI=1S/C25H21FN6O4/c26-16-3-1-14(2-4-16)20-9-10-30(20)25(36)19-13-32(29-28-19)17-5-6-18-15(11-17)12-31(24(18)35)21-7-8-22(33)27-23(21)34/h1-6,11,13,20-21H,7-10,12H2,(H,27,33,34). The number of benzene rings is 2. The quantitative estimate of drug-likeness (QED) is 0.560. The van der Waals surface area contributed by atoms with Gasteiger partial charge in [0, 0.05) is 25.1 Å². The van der Waals surface area contributed by atoms with Crippen molar-refractivity contribution in [2.75, 3.05) is 6.54 Å². The summed E-state index contributed by atoms with van der Waals surface area (Å²) in [7, 11) is 0. The van der Waals surface area contributed by atoms with Crippen molar-refractivity contribution in [1.82, 2.24) is 30.1 Å². The number of piperidine rings is 1. The van der Waals surface area contributed by atoms with Crippen LogP contribution in [0.25, 0.3) is 5.69 Å². The molecule has 3 aromatic rings. The Labute approximate surface area is 204 Å². The van der Waals surface area contributed by atoms with Gasteiger partial charge in [-0.15, -0.1) is 5.10 Å². The Morgan fingerprint density at radius 1 is 1.03 bits per heavy atom. The highest BCUT2D eigenvalue weighted by atomic mass is 19.1. The summed E-state index contributed by atoms with van der Waals surface area (Å²) in [5.74, 6) is -1.64. The van der Waals surface area contributed by atoms with E-state index < -0.39 is 11.9 Å². The third-order valence-electron chi connectivity index (χ3n) is 7.02. The molecule has 2 atom stereocenters. The Morgan fingerprint density at radius 3 is 2.56 bits per heavy atom. The lowest BCUT2D eigenvalue weighted by Crippen LogP contribution is -2.52. The van der Waals surface area contributed by atoms with Crippen molar-refractivity contribution in [1.29, 1.82) is 0 Å². The molecule has 4 amide bonds. The van der Waals surface area contributed by atoms with E-state index in [1.54, 1.807) is 41.4 Å². The minimum absolute atomic E-state index is 0.132. The molecule has 6 rings (SSSR count). The summed E-state index contributed by atoms with van der Waals surface area (Å²) in [4.78, 5) is 52.8. The van der Waals surface area contributed by atoms with Crippen molar-refractivity contribution in [3.63, 3.8) is 0 Å². The normalized spacial score (nSPS) is 21.3. The smallest absolute Gasteiger partial charge is 0.276 e. The molecule has 11 heteroatoms. The number of imide groups is 1. The van der Waals surface area contributed by atoms with E-state index >= 15 is 0 Å². The second-order valence-corrected chi connectivity index (χ2v) is 9.14. The van der Waals surface area contributed by atoms with Gasteiger partial charge in [-0.25, -0.2) is 9.07 Å². The minimum atomic E-state index is -0.688. The molecule has 2 aromatic carbocycles. The summed E-state index contributed by atoms with van der Waals surface area (Å²) >= 11 is 0. The maximum absolute atomic E-state index is 13.3. The molecule has 4 heterocycles. The third kappa shape index (κ3) is 3.63. The van der Waals surface area contributed by atoms with E-state index in [1.165, 1.54) is 21.7 Å². The lowest BCUT2D eigenvalue weighted by atomic mass is 9.94. The number of fused-ring (bicyclic) bond motifs is 1. The van der Waals surface area contributed by atoms with Crippen LogP contribution < -0.4 is 5.32 Å². The van der Waals surface area contributed by atoms with Crippen LogP contribution in [0.3, 0.4) is 0 Å². The summed E-state index contributed by atoms with van der Waals surface area (Å²) in [5.41, 5.74) is 2.89. The zero-order valence-corrected chi connectivity index (χ0v) is 19.1. The predicted octanol–water partition coefficient (Wildman–Crippen LogP) is 1.75. The molecule has 0 saturated carbocycles. The average Bonchev–Trinajstić information content (AvgIpc) is 3.45. The van der Waals surface area contributed by atoms with Gasteiger partial charge in [0.15, 0.2) is 5.69 Å². The number of nitrogens with zero attached hydrogens (tertiary/aromatic N) is 5. The van der Waals surface area contributed by atoms with Crippen LogP contribution in [0.4, 0.5) is 4.39 Å². The van der Waals surface area contributed by atoms with Crippen molar-refractivity contribution in [3.8, 4) is 5.69 Å². The molecule has 0 bridgehead atoms. The van der Waals surface area contributed by atoms with Crippen molar-refractivity contribution >= 4 is 23.6 Å². The average molecular weight is 488 g/mol. The van der Waals surface area contributed by atoms with Gasteiger partial charge < -0.3 is 9.80 Å². The maximum atomic E-state index is 13.3. The molecule has 2 saturated heterocycles. The fraction of sp³-hybridized carbons (Fsp3) is 0.280. The van der Waals surface area contributed by atoms with E-state index in [-0.39, 0.29) is 48.2 Å². The Balaban J connectivity index is 1.19. The molecule has 0 aliphatic carbocycles. The second-order valence-electron chi connectivity index (χ2n) is 9.14. The summed E-state index contributed by atoms with van der Waals surface area (Å²) in [6.07, 6.45) is 2.81. The first kappa shape index (κ1) is 22.1. The van der Waals surface area contributed by atoms with Crippen molar-refractivity contribution < 1.29 is 23.6 Å². The Morgan fingerprint density at radius 2 is 1.83 bits per heavy atom. The predicted molar refractivity (Wildman–Crippen MR) is 122 cm³/mol. The van der Waals surface area contributed by atoms with Gasteiger partial charge in [0.2, 0.25) is 11.8 Å². The van der Waals surface area contributed by atoms with E-state index in [0.29, 0.717) is 24.2 Å². The largest absolute Gasteiger partial charge is 0.330 e. The van der Waals surface area contributed by atoms with Crippen LogP contribution in [0, 0.1) is 5.82 Å². The highest BCUT2D eigenvalue weighted by molar-refractivity contribution is 6.05. The van der Waals surface area contributed by atoms with E-state index in [2.05, 4.69) is 15.6 Å². The summed E-state index contributed by atoms with van der Waals surface area (Å²) in [6, 6.07) is 10.5. The highest BCUT2D eigenvalue weighted by Gasteiger charge is 2.39. The summed E-state index contributed by atoms with van der Waals surface area (Å²) in [5, 5.41) is 10.4. The van der Waals surface area contributed by atoms with E-state index in [1.807, 2.05) is 0 Å². The number of halogens is 1. The molecule has 2 unspecified atom stereocenters. The third-order valence-corrected chi connectivity index (χ3v) is 7.02. The van der Waals surface area contributed by atoms with Gasteiger partial charge >= 0.3 is 0 Å². The molecular formula is C25H21FN6O4. The molecule has 3 aliphatic heterocycles. The number of carbonyl (C=O) groups is 4. The van der Waals surface area contributed by atoms with Gasteiger partial charge in [0.25, 0.3) is 11.8 Å². The SMILES string of the molecule is O=C1CCC(N2Cc3cc(-n4cc(C(=O)N5CCC5c5ccc(F)cc5)nn4)ccc3C2=O)C(=O)N1. The topological polar surface area (TPSA) is 118 Å². The Hall–Kier alpha value is -4.41. The molecule has 2 fully saturated rings. The fourth-order valence-electron chi connectivity index (χ4n) is 5.00. The molecule has 36 heavy (non-hydrogen) atoms. The van der Waals surface area contributed by atoms with Gasteiger partial charge in [-0.05, 0) is 54.3 Å². The zero-order chi connectivity index (χ0) is 25.0. The van der Waals surface area contributed by atoms with Gasteiger partial charge in [-0.2, -0.15) is 0 Å². The van der Waals surface area contributed by atoms with Gasteiger partial charge in [0.05, 0.1) is 17.9 Å². The first-order valence-electron chi connectivity index (χ1n) is 11.7. The molecular weight excluding hydrogens is 467 g/mol. The fourth-order valence-corrected chi connectivity index (χ4v) is 5.00. The molecule has 0 radical (unpaired) electrons. The lowest BCUT2D eigenvalue weighted by Gasteiger charge is -2.40. The van der Waals surface area contributed by atoms with Crippen LogP contribution in [-0.4, -0.2) is 61.0 Å². The Kier molecular flexibility index (Phi) is 5.13. The lowest BCUT2D eigenvalue weighted by molar-refractivity contribution is -0.136. The van der Waals surface area contributed by atoms with Crippen molar-refractivity contribution in [3.05, 3.63) is 76.9 Å². The number of nitrogens with one attached hydrogen (secondary N) is 1. The molecule has 182 valence electrons. The number of carbonyl (C=O) groups excluding carboxylic acids is 4. The number of aromatic nitrogens is 3. The van der Waals surface area contributed by atoms with E-state index in [4.69, 9.17) is 0 Å². The highest BCUT2D eigenvalue weighted by Crippen LogP contribution is 2.34. The summed E-state index contributed by atoms with van der Waals surface area (Å²) < 4.78 is 14.7. The zero-order valence-electron chi connectivity index (χ0n) is 19.1. The first-order chi connectivity index (χ1) is 17.4. The van der Waals surface area contributed by atoms with E-state index in [9.17, 15) is 23.6 Å². The van der Waals surface area contributed by atoms with Crippen LogP contribution in [0.15, 0.2) is 48.7 Å². The molecule has 0 spiro atoms. The number of rotatable bonds is 4. The second kappa shape index (κ2) is 8.36. The van der Waals surface area contributed by atoms with Crippen LogP contribution in [0.2, 0.25) is 0 Å². The minimum Gasteiger partial charge on any atom is -0.330 e. The summed E-state index contributed by atoms with van der Waals surface area (Å²) in [6.45, 7) is 0.812. The Bertz CT molecular complexity index is 1420. The number of likely N-dealkylation sites (tertiary alicyclic amines) is 1. The maximum Gasteiger partial charge on any atom is 0.276 e. The van der Waals surface area contributed by atoms with Gasteiger partial charge in [0.1, 0.15) is 11.9 Å². The number of amides is 4. The van der Waals surface area contributed by atoms with Crippen LogP contribution >= 0.6 is 0 Å². The molecule has 10 nitrogen and oxygen atoms in total. The number of hydrogen-bond donors (Lipinski definition) is 1. The molecule has 1 aromatic heterocycles. The number of hydrogen-bond acceptors (Lipinski definition) is 6. The van der Waals surface area contributed by atoms with Gasteiger partial charge in [-0.3, -0.25) is 24.5 Å². The van der Waals surface area contributed by atoms with E-state index in [0.717, 1.165) is 17.5 Å². The van der Waals surface area contributed by atoms with Gasteiger partial charge in [-0.1, -0.05) is 17.3 Å². The van der Waals surface area contributed by atoms with Crippen LogP contribution in [0.1, 0.15) is 57.3 Å². The first-order valence-corrected chi connectivity index (χ1v) is 11.7. The molecule has 3 aliphatic rings. The monoisotopic (exact) mass is 488 g/mol. The van der Waals surface area contributed by atoms with Crippen molar-refractivity contribution in [2.24, 2.45) is 0 Å². The molecule has 1 N–H and O–H groups in total. The van der Waals surface area contributed by atoms with Crippen molar-refractivity contribution in [2.45, 2.75) is 37.9 Å².